The summed E-state index contributed by atoms with van der Waals surface area (Å²) in [6, 6.07) is 3.44. The van der Waals surface area contributed by atoms with Gasteiger partial charge in [0.2, 0.25) is 5.91 Å². The van der Waals surface area contributed by atoms with Crippen LogP contribution in [0.2, 0.25) is 0 Å². The van der Waals surface area contributed by atoms with E-state index in [0.29, 0.717) is 26.1 Å². The zero-order chi connectivity index (χ0) is 26.8. The van der Waals surface area contributed by atoms with Crippen molar-refractivity contribution in [2.45, 2.75) is 63.4 Å². The molecule has 11 heteroatoms. The van der Waals surface area contributed by atoms with Crippen molar-refractivity contribution in [1.82, 2.24) is 14.7 Å². The van der Waals surface area contributed by atoms with Gasteiger partial charge >= 0.3 is 12.2 Å². The summed E-state index contributed by atoms with van der Waals surface area (Å²) in [4.78, 5) is 31.6. The number of nitrogens with one attached hydrogen (secondary N) is 1. The number of aliphatic hydroxyl groups is 1. The zero-order valence-corrected chi connectivity index (χ0v) is 21.5. The van der Waals surface area contributed by atoms with Gasteiger partial charge in [0.25, 0.3) is 0 Å². The van der Waals surface area contributed by atoms with Gasteiger partial charge in [-0.3, -0.25) is 4.79 Å². The Balaban J connectivity index is 1.36. The molecule has 0 aromatic heterocycles. The fraction of sp³-hybridized carbons (Fsp3) is 0.692. The van der Waals surface area contributed by atoms with Gasteiger partial charge in [0.1, 0.15) is 0 Å². The highest BCUT2D eigenvalue weighted by Crippen LogP contribution is 2.53. The van der Waals surface area contributed by atoms with Crippen LogP contribution in [0.1, 0.15) is 44.6 Å². The van der Waals surface area contributed by atoms with Gasteiger partial charge < -0.3 is 29.9 Å². The summed E-state index contributed by atoms with van der Waals surface area (Å²) in [6.45, 7) is 4.97. The lowest BCUT2D eigenvalue weighted by atomic mass is 9.90. The topological polar surface area (TPSA) is 85.3 Å². The molecule has 1 aromatic carbocycles. The number of alkyl halides is 3. The van der Waals surface area contributed by atoms with Crippen LogP contribution >= 0.6 is 0 Å². The van der Waals surface area contributed by atoms with Crippen LogP contribution in [0.3, 0.4) is 0 Å². The smallest absolute Gasteiger partial charge is 0.391 e. The molecule has 0 unspecified atom stereocenters. The fourth-order valence-corrected chi connectivity index (χ4v) is 5.56. The minimum atomic E-state index is -4.51. The van der Waals surface area contributed by atoms with E-state index >= 15 is 0 Å². The average molecular weight is 527 g/mol. The number of amides is 3. The molecule has 4 rings (SSSR count). The van der Waals surface area contributed by atoms with E-state index in [1.165, 1.54) is 17.0 Å². The van der Waals surface area contributed by atoms with Crippen LogP contribution in [0.25, 0.3) is 0 Å². The van der Waals surface area contributed by atoms with Crippen LogP contribution in [0, 0.1) is 5.41 Å². The Morgan fingerprint density at radius 3 is 2.65 bits per heavy atom. The maximum atomic E-state index is 13.1. The van der Waals surface area contributed by atoms with E-state index in [9.17, 15) is 27.9 Å². The second-order valence-electron chi connectivity index (χ2n) is 10.7. The first kappa shape index (κ1) is 27.7. The summed E-state index contributed by atoms with van der Waals surface area (Å²) >= 11 is 0. The molecule has 8 nitrogen and oxygen atoms in total. The van der Waals surface area contributed by atoms with E-state index in [-0.39, 0.29) is 48.2 Å². The van der Waals surface area contributed by atoms with Crippen LogP contribution in [-0.2, 0) is 15.7 Å². The molecule has 206 valence electrons. The van der Waals surface area contributed by atoms with Gasteiger partial charge in [0.15, 0.2) is 0 Å². The maximum absolute atomic E-state index is 13.1. The van der Waals surface area contributed by atoms with Gasteiger partial charge in [-0.15, -0.1) is 0 Å². The highest BCUT2D eigenvalue weighted by atomic mass is 19.4. The van der Waals surface area contributed by atoms with Crippen LogP contribution in [0.5, 0.6) is 0 Å². The Labute approximate surface area is 215 Å². The highest BCUT2D eigenvalue weighted by molar-refractivity contribution is 5.90. The molecule has 1 aromatic rings. The van der Waals surface area contributed by atoms with Gasteiger partial charge in [0, 0.05) is 51.4 Å². The molecule has 2 aliphatic heterocycles. The first-order valence-corrected chi connectivity index (χ1v) is 13.0. The molecule has 0 bridgehead atoms. The molecule has 1 spiro atoms. The molecule has 3 atom stereocenters. The Bertz CT molecular complexity index is 971. The van der Waals surface area contributed by atoms with Crippen molar-refractivity contribution in [2.75, 3.05) is 51.8 Å². The third-order valence-electron chi connectivity index (χ3n) is 8.12. The van der Waals surface area contributed by atoms with E-state index in [4.69, 9.17) is 4.74 Å². The molecule has 0 radical (unpaired) electrons. The maximum Gasteiger partial charge on any atom is 0.416 e. The molecule has 2 heterocycles. The van der Waals surface area contributed by atoms with Crippen molar-refractivity contribution in [3.05, 3.63) is 29.8 Å². The number of hydrogen-bond donors (Lipinski definition) is 2. The van der Waals surface area contributed by atoms with E-state index in [2.05, 4.69) is 10.2 Å². The van der Waals surface area contributed by atoms with Crippen molar-refractivity contribution in [2.24, 2.45) is 5.41 Å². The number of hydrogen-bond acceptors (Lipinski definition) is 5. The molecule has 2 saturated heterocycles. The highest BCUT2D eigenvalue weighted by Gasteiger charge is 2.51. The number of ether oxygens (including phenoxy) is 1. The van der Waals surface area contributed by atoms with Crippen LogP contribution < -0.4 is 5.32 Å². The number of nitrogens with zero attached hydrogens (tertiary/aromatic N) is 3. The summed E-state index contributed by atoms with van der Waals surface area (Å²) in [5.41, 5.74) is -0.656. The zero-order valence-electron chi connectivity index (χ0n) is 21.5. The van der Waals surface area contributed by atoms with Crippen molar-refractivity contribution in [1.29, 1.82) is 0 Å². The van der Waals surface area contributed by atoms with E-state index in [0.717, 1.165) is 44.5 Å². The van der Waals surface area contributed by atoms with Gasteiger partial charge in [-0.25, -0.2) is 4.79 Å². The van der Waals surface area contributed by atoms with Crippen molar-refractivity contribution >= 4 is 17.6 Å². The largest absolute Gasteiger partial charge is 0.416 e. The van der Waals surface area contributed by atoms with Crippen LogP contribution in [-0.4, -0.2) is 96.4 Å². The molecule has 3 aliphatic rings. The number of carbonyl (C=O) groups is 2. The number of anilines is 1. The van der Waals surface area contributed by atoms with Crippen LogP contribution in [0.4, 0.5) is 23.7 Å². The Morgan fingerprint density at radius 2 is 2.00 bits per heavy atom. The summed E-state index contributed by atoms with van der Waals surface area (Å²) in [7, 11) is 1.59. The van der Waals surface area contributed by atoms with Gasteiger partial charge in [0.05, 0.1) is 24.3 Å². The molecular formula is C26H37F3N4O4. The van der Waals surface area contributed by atoms with Gasteiger partial charge in [-0.05, 0) is 62.8 Å². The number of aliphatic hydroxyl groups excluding tert-OH is 1. The second kappa shape index (κ2) is 11.2. The number of methoxy groups -OCH3 is 1. The van der Waals surface area contributed by atoms with E-state index in [1.54, 1.807) is 12.0 Å². The molecule has 1 saturated carbocycles. The Kier molecular flexibility index (Phi) is 8.35. The van der Waals surface area contributed by atoms with Crippen molar-refractivity contribution in [3.63, 3.8) is 0 Å². The number of benzene rings is 1. The minimum Gasteiger partial charge on any atom is -0.391 e. The Morgan fingerprint density at radius 1 is 1.24 bits per heavy atom. The number of piperidine rings is 1. The standard InChI is InChI=1S/C26H37F3N4O4/c1-18-15-33(21(17-37-2)6-11-31-13-10-25(8-9-25)22(34)16-31)23(35)7-12-32(18)24(36)30-20-5-3-4-19(14-20)26(27,28)29/h3-5,14,18,21-22,34H,6-13,15-17H2,1-2H3,(H,30,36)/t18-,21+,22+/m0/s1. The minimum absolute atomic E-state index is 0.0495. The lowest BCUT2D eigenvalue weighted by molar-refractivity contribution is -0.137. The first-order chi connectivity index (χ1) is 17.5. The second-order valence-corrected chi connectivity index (χ2v) is 10.7. The molecule has 3 fully saturated rings. The average Bonchev–Trinajstić information content (AvgIpc) is 3.64. The molecule has 3 amide bonds. The summed E-state index contributed by atoms with van der Waals surface area (Å²) in [5.74, 6) is -0.0844. The monoisotopic (exact) mass is 526 g/mol. The van der Waals surface area contributed by atoms with E-state index in [1.807, 2.05) is 6.92 Å². The van der Waals surface area contributed by atoms with Crippen molar-refractivity contribution in [3.8, 4) is 0 Å². The number of likely N-dealkylation sites (tertiary alicyclic amines) is 1. The third-order valence-corrected chi connectivity index (χ3v) is 8.12. The van der Waals surface area contributed by atoms with Gasteiger partial charge in [-0.2, -0.15) is 13.2 Å². The lowest BCUT2D eigenvalue weighted by Gasteiger charge is -2.38. The van der Waals surface area contributed by atoms with Crippen LogP contribution in [0.15, 0.2) is 24.3 Å². The summed E-state index contributed by atoms with van der Waals surface area (Å²) in [6.07, 6.45) is -0.803. The Hall–Kier alpha value is -2.37. The van der Waals surface area contributed by atoms with Crippen molar-refractivity contribution < 1.29 is 32.6 Å². The number of carbonyl (C=O) groups excluding carboxylic acids is 2. The predicted octanol–water partition coefficient (Wildman–Crippen LogP) is 3.41. The van der Waals surface area contributed by atoms with Gasteiger partial charge in [-0.1, -0.05) is 6.07 Å². The molecule has 37 heavy (non-hydrogen) atoms. The quantitative estimate of drug-likeness (QED) is 0.569. The SMILES string of the molecule is COC[C@@H](CCN1CCC2(CC2)[C@H](O)C1)N1C[C@H](C)N(C(=O)Nc2cccc(C(F)(F)F)c2)CCC1=O. The number of β-amino-alcohol motifs (C(OH)–C–C–N with tert-alkyl or cyclic N) is 1. The fourth-order valence-electron chi connectivity index (χ4n) is 5.56. The number of rotatable bonds is 7. The molecule has 1 aliphatic carbocycles. The molecular weight excluding hydrogens is 489 g/mol. The third kappa shape index (κ3) is 6.56. The summed E-state index contributed by atoms with van der Waals surface area (Å²) < 4.78 is 44.6. The summed E-state index contributed by atoms with van der Waals surface area (Å²) in [5, 5.41) is 13.1. The van der Waals surface area contributed by atoms with E-state index < -0.39 is 17.8 Å². The number of urea groups is 1. The predicted molar refractivity (Wildman–Crippen MR) is 132 cm³/mol. The number of halogens is 3. The first-order valence-electron chi connectivity index (χ1n) is 13.0. The lowest BCUT2D eigenvalue weighted by Crippen LogP contribution is -2.50. The molecule has 2 N–H and O–H groups in total. The normalized spacial score (nSPS) is 25.2.